The van der Waals surface area contributed by atoms with E-state index in [-0.39, 0.29) is 11.9 Å². The third kappa shape index (κ3) is 4.48. The van der Waals surface area contributed by atoms with Crippen molar-refractivity contribution in [2.24, 2.45) is 5.92 Å². The molecule has 0 spiro atoms. The molecule has 0 bridgehead atoms. The molecule has 0 saturated heterocycles. The van der Waals surface area contributed by atoms with E-state index in [4.69, 9.17) is 9.47 Å². The maximum Gasteiger partial charge on any atom is 0.312 e. The van der Waals surface area contributed by atoms with Crippen LogP contribution in [0.2, 0.25) is 0 Å². The molecule has 3 heteroatoms. The van der Waals surface area contributed by atoms with Crippen LogP contribution in [0, 0.1) is 5.92 Å². The number of benzene rings is 2. The number of esters is 1. The van der Waals surface area contributed by atoms with Crippen molar-refractivity contribution >= 4 is 12.0 Å². The Hall–Kier alpha value is -2.55. The highest BCUT2D eigenvalue weighted by Crippen LogP contribution is 2.16. The minimum Gasteiger partial charge on any atom is -0.497 e. The van der Waals surface area contributed by atoms with E-state index in [2.05, 4.69) is 0 Å². The van der Waals surface area contributed by atoms with E-state index >= 15 is 0 Å². The summed E-state index contributed by atoms with van der Waals surface area (Å²) in [6, 6.07) is 17.6. The van der Waals surface area contributed by atoms with Crippen LogP contribution in [-0.2, 0) is 16.0 Å². The first-order valence-corrected chi connectivity index (χ1v) is 7.17. The lowest BCUT2D eigenvalue weighted by Gasteiger charge is -2.10. The number of hydrogen-bond donors (Lipinski definition) is 0. The van der Waals surface area contributed by atoms with Crippen molar-refractivity contribution in [1.29, 1.82) is 0 Å². The molecule has 0 aromatic heterocycles. The van der Waals surface area contributed by atoms with Gasteiger partial charge in [0.2, 0.25) is 0 Å². The monoisotopic (exact) mass is 296 g/mol. The van der Waals surface area contributed by atoms with Crippen molar-refractivity contribution in [2.75, 3.05) is 14.2 Å². The van der Waals surface area contributed by atoms with E-state index in [0.29, 0.717) is 6.42 Å². The van der Waals surface area contributed by atoms with Crippen molar-refractivity contribution in [3.63, 3.8) is 0 Å². The smallest absolute Gasteiger partial charge is 0.312 e. The van der Waals surface area contributed by atoms with Gasteiger partial charge in [-0.3, -0.25) is 4.79 Å². The van der Waals surface area contributed by atoms with Crippen LogP contribution in [0.5, 0.6) is 5.75 Å². The fourth-order valence-electron chi connectivity index (χ4n) is 2.19. The maximum absolute atomic E-state index is 11.9. The summed E-state index contributed by atoms with van der Waals surface area (Å²) in [5.74, 6) is 0.286. The molecule has 0 radical (unpaired) electrons. The third-order valence-electron chi connectivity index (χ3n) is 3.44. The molecule has 0 aliphatic carbocycles. The van der Waals surface area contributed by atoms with Crippen LogP contribution in [0.4, 0.5) is 0 Å². The third-order valence-corrected chi connectivity index (χ3v) is 3.44. The zero-order chi connectivity index (χ0) is 15.8. The Morgan fingerprint density at radius 1 is 1.05 bits per heavy atom. The fourth-order valence-corrected chi connectivity index (χ4v) is 2.19. The predicted molar refractivity (Wildman–Crippen MR) is 87.7 cm³/mol. The van der Waals surface area contributed by atoms with Crippen LogP contribution in [0.3, 0.4) is 0 Å². The highest BCUT2D eigenvalue weighted by atomic mass is 16.5. The number of carbonyl (C=O) groups excluding carboxylic acids is 1. The number of ether oxygens (including phenoxy) is 2. The van der Waals surface area contributed by atoms with Crippen LogP contribution < -0.4 is 4.74 Å². The summed E-state index contributed by atoms with van der Waals surface area (Å²) >= 11 is 0. The summed E-state index contributed by atoms with van der Waals surface area (Å²) < 4.78 is 10.0. The molecule has 114 valence electrons. The Kier molecular flexibility index (Phi) is 5.78. The molecule has 0 amide bonds. The second-order valence-corrected chi connectivity index (χ2v) is 4.95. The van der Waals surface area contributed by atoms with Gasteiger partial charge in [-0.15, -0.1) is 0 Å². The first kappa shape index (κ1) is 15.8. The molecule has 2 aromatic rings. The molecule has 22 heavy (non-hydrogen) atoms. The number of carbonyl (C=O) groups is 1. The van der Waals surface area contributed by atoms with Crippen molar-refractivity contribution in [1.82, 2.24) is 0 Å². The normalized spacial score (nSPS) is 12.1. The van der Waals surface area contributed by atoms with Gasteiger partial charge in [-0.1, -0.05) is 54.6 Å². The van der Waals surface area contributed by atoms with Crippen LogP contribution in [-0.4, -0.2) is 20.2 Å². The molecule has 0 aliphatic rings. The summed E-state index contributed by atoms with van der Waals surface area (Å²) in [4.78, 5) is 11.9. The van der Waals surface area contributed by atoms with Crippen LogP contribution in [0.25, 0.3) is 6.08 Å². The first-order chi connectivity index (χ1) is 10.7. The Morgan fingerprint density at radius 2 is 1.73 bits per heavy atom. The molecule has 0 N–H and O–H groups in total. The van der Waals surface area contributed by atoms with E-state index in [1.807, 2.05) is 66.7 Å². The van der Waals surface area contributed by atoms with Gasteiger partial charge in [-0.2, -0.15) is 0 Å². The molecular formula is C19H20O3. The molecule has 0 fully saturated rings. The summed E-state index contributed by atoms with van der Waals surface area (Å²) in [6.07, 6.45) is 4.45. The summed E-state index contributed by atoms with van der Waals surface area (Å²) in [5, 5.41) is 0. The van der Waals surface area contributed by atoms with Gasteiger partial charge in [0, 0.05) is 0 Å². The number of rotatable bonds is 6. The lowest BCUT2D eigenvalue weighted by molar-refractivity contribution is -0.143. The van der Waals surface area contributed by atoms with Gasteiger partial charge < -0.3 is 9.47 Å². The molecule has 2 rings (SSSR count). The van der Waals surface area contributed by atoms with Gasteiger partial charge in [0.25, 0.3) is 0 Å². The summed E-state index contributed by atoms with van der Waals surface area (Å²) in [7, 11) is 3.06. The standard InChI is InChI=1S/C19H20O3/c1-21-18-12-9-15(10-13-18)8-11-17(19(20)22-2)14-16-6-4-3-5-7-16/h3-13,17H,14H2,1-2H3/b11-8+. The molecule has 1 unspecified atom stereocenters. The second kappa shape index (κ2) is 8.03. The predicted octanol–water partition coefficient (Wildman–Crippen LogP) is 3.74. The number of methoxy groups -OCH3 is 2. The SMILES string of the molecule is COC(=O)C(/C=C/c1ccc(OC)cc1)Cc1ccccc1. The van der Waals surface area contributed by atoms with Gasteiger partial charge in [0.05, 0.1) is 20.1 Å². The van der Waals surface area contributed by atoms with Crippen molar-refractivity contribution in [2.45, 2.75) is 6.42 Å². The van der Waals surface area contributed by atoms with Crippen LogP contribution in [0.15, 0.2) is 60.7 Å². The summed E-state index contributed by atoms with van der Waals surface area (Å²) in [6.45, 7) is 0. The van der Waals surface area contributed by atoms with Crippen molar-refractivity contribution in [3.05, 3.63) is 71.8 Å². The van der Waals surface area contributed by atoms with E-state index in [0.717, 1.165) is 16.9 Å². The van der Waals surface area contributed by atoms with E-state index < -0.39 is 0 Å². The fraction of sp³-hybridized carbons (Fsp3) is 0.211. The first-order valence-electron chi connectivity index (χ1n) is 7.17. The molecule has 0 aliphatic heterocycles. The summed E-state index contributed by atoms with van der Waals surface area (Å²) in [5.41, 5.74) is 2.13. The van der Waals surface area contributed by atoms with Gasteiger partial charge >= 0.3 is 5.97 Å². The average molecular weight is 296 g/mol. The second-order valence-electron chi connectivity index (χ2n) is 4.95. The zero-order valence-electron chi connectivity index (χ0n) is 12.9. The highest BCUT2D eigenvalue weighted by molar-refractivity contribution is 5.76. The van der Waals surface area contributed by atoms with E-state index in [1.54, 1.807) is 7.11 Å². The average Bonchev–Trinajstić information content (AvgIpc) is 2.59. The largest absolute Gasteiger partial charge is 0.497 e. The van der Waals surface area contributed by atoms with Crippen molar-refractivity contribution < 1.29 is 14.3 Å². The zero-order valence-corrected chi connectivity index (χ0v) is 12.9. The lowest BCUT2D eigenvalue weighted by atomic mass is 9.98. The van der Waals surface area contributed by atoms with Gasteiger partial charge in [0.1, 0.15) is 5.75 Å². The Labute approximate surface area is 131 Å². The molecule has 1 atom stereocenters. The minimum absolute atomic E-state index is 0.228. The molecule has 0 saturated carbocycles. The van der Waals surface area contributed by atoms with Gasteiger partial charge in [0.15, 0.2) is 0 Å². The van der Waals surface area contributed by atoms with E-state index in [9.17, 15) is 4.79 Å². The Bertz CT molecular complexity index is 615. The molecular weight excluding hydrogens is 276 g/mol. The quantitative estimate of drug-likeness (QED) is 0.762. The van der Waals surface area contributed by atoms with E-state index in [1.165, 1.54) is 7.11 Å². The molecule has 0 heterocycles. The maximum atomic E-state index is 11.9. The number of hydrogen-bond acceptors (Lipinski definition) is 3. The highest BCUT2D eigenvalue weighted by Gasteiger charge is 2.16. The molecule has 2 aromatic carbocycles. The minimum atomic E-state index is -0.297. The van der Waals surface area contributed by atoms with Crippen LogP contribution in [0.1, 0.15) is 11.1 Å². The Morgan fingerprint density at radius 3 is 2.32 bits per heavy atom. The Balaban J connectivity index is 2.11. The topological polar surface area (TPSA) is 35.5 Å². The van der Waals surface area contributed by atoms with Gasteiger partial charge in [-0.25, -0.2) is 0 Å². The van der Waals surface area contributed by atoms with Crippen molar-refractivity contribution in [3.8, 4) is 5.75 Å². The molecule has 3 nitrogen and oxygen atoms in total. The van der Waals surface area contributed by atoms with Gasteiger partial charge in [-0.05, 0) is 29.7 Å². The lowest BCUT2D eigenvalue weighted by Crippen LogP contribution is -2.16. The van der Waals surface area contributed by atoms with Crippen LogP contribution >= 0.6 is 0 Å².